The average Bonchev–Trinajstić information content (AvgIpc) is 2.92. The van der Waals surface area contributed by atoms with Crippen molar-refractivity contribution in [2.24, 2.45) is 5.92 Å². The molecule has 0 saturated carbocycles. The first kappa shape index (κ1) is 17.0. The summed E-state index contributed by atoms with van der Waals surface area (Å²) >= 11 is 0. The highest BCUT2D eigenvalue weighted by molar-refractivity contribution is 5.30. The molecule has 1 atom stereocenters. The van der Waals surface area contributed by atoms with Crippen LogP contribution >= 0.6 is 0 Å². The fraction of sp³-hybridized carbons (Fsp3) is 0.526. The van der Waals surface area contributed by atoms with E-state index < -0.39 is 6.10 Å². The van der Waals surface area contributed by atoms with Crippen LogP contribution in [0.25, 0.3) is 0 Å². The molecule has 1 aromatic heterocycles. The van der Waals surface area contributed by atoms with E-state index in [0.717, 1.165) is 61.0 Å². The number of aryl methyl sites for hydroxylation is 2. The van der Waals surface area contributed by atoms with Crippen LogP contribution in [0.2, 0.25) is 0 Å². The normalized spacial score (nSPS) is 17.8. The van der Waals surface area contributed by atoms with Gasteiger partial charge in [0.1, 0.15) is 11.6 Å². The quantitative estimate of drug-likeness (QED) is 0.885. The van der Waals surface area contributed by atoms with Gasteiger partial charge in [0, 0.05) is 12.2 Å². The molecule has 1 aliphatic heterocycles. The number of hydrogen-bond acceptors (Lipinski definition) is 4. The zero-order valence-electron chi connectivity index (χ0n) is 14.7. The molecule has 1 unspecified atom stereocenters. The van der Waals surface area contributed by atoms with Crippen molar-refractivity contribution in [1.29, 1.82) is 0 Å². The van der Waals surface area contributed by atoms with Gasteiger partial charge in [-0.3, -0.25) is 4.90 Å². The molecule has 2 heterocycles. The van der Waals surface area contributed by atoms with E-state index in [2.05, 4.69) is 21.8 Å². The van der Waals surface area contributed by atoms with Gasteiger partial charge in [-0.15, -0.1) is 0 Å². The lowest BCUT2D eigenvalue weighted by Gasteiger charge is -2.34. The third-order valence-corrected chi connectivity index (χ3v) is 4.99. The molecule has 0 amide bonds. The second-order valence-corrected chi connectivity index (χ2v) is 6.73. The van der Waals surface area contributed by atoms with Crippen molar-refractivity contribution in [2.75, 3.05) is 20.2 Å². The molecule has 130 valence electrons. The predicted molar refractivity (Wildman–Crippen MR) is 94.0 cm³/mol. The van der Waals surface area contributed by atoms with Gasteiger partial charge in [-0.05, 0) is 63.4 Å². The first-order chi connectivity index (χ1) is 11.6. The van der Waals surface area contributed by atoms with E-state index in [0.29, 0.717) is 5.92 Å². The number of nitrogens with zero attached hydrogens (tertiary/aromatic N) is 2. The molecule has 1 fully saturated rings. The number of aliphatic hydroxyl groups is 1. The van der Waals surface area contributed by atoms with Crippen molar-refractivity contribution < 1.29 is 9.84 Å². The number of H-pyrrole nitrogens is 1. The molecule has 0 aliphatic carbocycles. The van der Waals surface area contributed by atoms with Gasteiger partial charge >= 0.3 is 0 Å². The van der Waals surface area contributed by atoms with Crippen LogP contribution in [0.15, 0.2) is 24.3 Å². The summed E-state index contributed by atoms with van der Waals surface area (Å²) in [5, 5.41) is 10.7. The zero-order valence-corrected chi connectivity index (χ0v) is 14.7. The number of likely N-dealkylation sites (tertiary alicyclic amines) is 1. The number of benzene rings is 1. The van der Waals surface area contributed by atoms with Gasteiger partial charge in [-0.1, -0.05) is 12.1 Å². The number of hydrogen-bond donors (Lipinski definition) is 2. The first-order valence-corrected chi connectivity index (χ1v) is 8.63. The number of aliphatic hydroxyl groups excluding tert-OH is 1. The van der Waals surface area contributed by atoms with Gasteiger partial charge < -0.3 is 14.8 Å². The molecule has 0 radical (unpaired) electrons. The standard InChI is InChI=1S/C19H27N3O2/c1-13-18(21-14(2)20-13)12-22-9-7-15(8-10-22)19(23)16-5-4-6-17(11-16)24-3/h4-6,11,15,19,23H,7-10,12H2,1-3H3,(H,20,21). The molecule has 5 nitrogen and oxygen atoms in total. The van der Waals surface area contributed by atoms with Crippen molar-refractivity contribution >= 4 is 0 Å². The maximum Gasteiger partial charge on any atom is 0.119 e. The first-order valence-electron chi connectivity index (χ1n) is 8.63. The van der Waals surface area contributed by atoms with Crippen molar-refractivity contribution in [3.8, 4) is 5.75 Å². The third-order valence-electron chi connectivity index (χ3n) is 4.99. The Kier molecular flexibility index (Phi) is 5.21. The maximum absolute atomic E-state index is 10.7. The van der Waals surface area contributed by atoms with Crippen molar-refractivity contribution in [1.82, 2.24) is 14.9 Å². The van der Waals surface area contributed by atoms with E-state index >= 15 is 0 Å². The Morgan fingerprint density at radius 1 is 1.33 bits per heavy atom. The molecule has 24 heavy (non-hydrogen) atoms. The molecule has 5 heteroatoms. The number of imidazole rings is 1. The lowest BCUT2D eigenvalue weighted by molar-refractivity contribution is 0.0563. The summed E-state index contributed by atoms with van der Waals surface area (Å²) in [7, 11) is 1.66. The number of methoxy groups -OCH3 is 1. The Hall–Kier alpha value is -1.85. The second kappa shape index (κ2) is 7.36. The summed E-state index contributed by atoms with van der Waals surface area (Å²) in [6, 6.07) is 7.77. The minimum atomic E-state index is -0.420. The highest BCUT2D eigenvalue weighted by Gasteiger charge is 2.27. The topological polar surface area (TPSA) is 61.4 Å². The Labute approximate surface area is 143 Å². The van der Waals surface area contributed by atoms with Crippen LogP contribution in [-0.2, 0) is 6.54 Å². The van der Waals surface area contributed by atoms with Crippen LogP contribution in [0.5, 0.6) is 5.75 Å². The molecule has 0 bridgehead atoms. The fourth-order valence-corrected chi connectivity index (χ4v) is 3.55. The van der Waals surface area contributed by atoms with E-state index in [1.807, 2.05) is 31.2 Å². The highest BCUT2D eigenvalue weighted by Crippen LogP contribution is 2.32. The fourth-order valence-electron chi connectivity index (χ4n) is 3.55. The molecule has 2 N–H and O–H groups in total. The lowest BCUT2D eigenvalue weighted by atomic mass is 9.87. The predicted octanol–water partition coefficient (Wildman–Crippen LogP) is 2.98. The summed E-state index contributed by atoms with van der Waals surface area (Å²) in [4.78, 5) is 10.3. The van der Waals surface area contributed by atoms with E-state index in [1.165, 1.54) is 0 Å². The van der Waals surface area contributed by atoms with E-state index in [4.69, 9.17) is 4.74 Å². The molecule has 0 spiro atoms. The van der Waals surface area contributed by atoms with E-state index in [9.17, 15) is 5.11 Å². The third kappa shape index (κ3) is 3.79. The largest absolute Gasteiger partial charge is 0.497 e. The summed E-state index contributed by atoms with van der Waals surface area (Å²) in [5.74, 6) is 2.08. The number of nitrogens with one attached hydrogen (secondary N) is 1. The van der Waals surface area contributed by atoms with Crippen LogP contribution < -0.4 is 4.74 Å². The van der Waals surface area contributed by atoms with Crippen LogP contribution in [0.4, 0.5) is 0 Å². The number of aromatic amines is 1. The van der Waals surface area contributed by atoms with E-state index in [-0.39, 0.29) is 0 Å². The van der Waals surface area contributed by atoms with Crippen molar-refractivity contribution in [3.05, 3.63) is 47.0 Å². The number of rotatable bonds is 5. The number of aromatic nitrogens is 2. The van der Waals surface area contributed by atoms with Crippen molar-refractivity contribution in [3.63, 3.8) is 0 Å². The number of piperidine rings is 1. The Morgan fingerprint density at radius 3 is 2.71 bits per heavy atom. The zero-order chi connectivity index (χ0) is 17.1. The van der Waals surface area contributed by atoms with Gasteiger partial charge in [0.25, 0.3) is 0 Å². The van der Waals surface area contributed by atoms with Crippen LogP contribution in [0.3, 0.4) is 0 Å². The summed E-state index contributed by atoms with van der Waals surface area (Å²) in [5.41, 5.74) is 3.25. The second-order valence-electron chi connectivity index (χ2n) is 6.73. The van der Waals surface area contributed by atoms with Crippen LogP contribution in [-0.4, -0.2) is 40.2 Å². The summed E-state index contributed by atoms with van der Waals surface area (Å²) in [6.07, 6.45) is 1.58. The van der Waals surface area contributed by atoms with E-state index in [1.54, 1.807) is 7.11 Å². The molecular weight excluding hydrogens is 302 g/mol. The smallest absolute Gasteiger partial charge is 0.119 e. The Morgan fingerprint density at radius 2 is 2.08 bits per heavy atom. The molecule has 1 aliphatic rings. The van der Waals surface area contributed by atoms with Crippen LogP contribution in [0.1, 0.15) is 41.7 Å². The van der Waals surface area contributed by atoms with Gasteiger partial charge in [-0.2, -0.15) is 0 Å². The molecule has 1 aromatic carbocycles. The highest BCUT2D eigenvalue weighted by atomic mass is 16.5. The van der Waals surface area contributed by atoms with Gasteiger partial charge in [-0.25, -0.2) is 4.98 Å². The SMILES string of the molecule is COc1cccc(C(O)C2CCN(Cc3nc(C)[nH]c3C)CC2)c1. The molecule has 2 aromatic rings. The minimum Gasteiger partial charge on any atom is -0.497 e. The molecular formula is C19H27N3O2. The lowest BCUT2D eigenvalue weighted by Crippen LogP contribution is -2.35. The summed E-state index contributed by atoms with van der Waals surface area (Å²) < 4.78 is 5.26. The van der Waals surface area contributed by atoms with Crippen LogP contribution in [0, 0.1) is 19.8 Å². The van der Waals surface area contributed by atoms with Gasteiger partial charge in [0.05, 0.1) is 18.9 Å². The Bertz CT molecular complexity index is 675. The van der Waals surface area contributed by atoms with Gasteiger partial charge in [0.15, 0.2) is 0 Å². The maximum atomic E-state index is 10.7. The average molecular weight is 329 g/mol. The monoisotopic (exact) mass is 329 g/mol. The van der Waals surface area contributed by atoms with Gasteiger partial charge in [0.2, 0.25) is 0 Å². The minimum absolute atomic E-state index is 0.301. The molecule has 1 saturated heterocycles. The Balaban J connectivity index is 1.57. The molecule has 3 rings (SSSR count). The van der Waals surface area contributed by atoms with Crippen molar-refractivity contribution in [2.45, 2.75) is 39.3 Å². The summed E-state index contributed by atoms with van der Waals surface area (Å²) in [6.45, 7) is 6.95. The number of ether oxygens (including phenoxy) is 1.